The van der Waals surface area contributed by atoms with Crippen molar-refractivity contribution in [2.75, 3.05) is 40.4 Å². The summed E-state index contributed by atoms with van der Waals surface area (Å²) in [5.74, 6) is 1.16. The van der Waals surface area contributed by atoms with E-state index < -0.39 is 0 Å². The Balaban J connectivity index is 1.21. The predicted octanol–water partition coefficient (Wildman–Crippen LogP) is 6.10. The quantitative estimate of drug-likeness (QED) is 0.116. The lowest BCUT2D eigenvalue weighted by atomic mass is 9.98. The van der Waals surface area contributed by atoms with E-state index in [-0.39, 0.29) is 11.9 Å². The SMILES string of the molecule is C=N/C(CNC[C@@H]1CCC(=O)N1)=C(\N=C(/C)c1cccc(-c2cccc(-c3cnc(CN4CCC(c5cnccn5)C4)c(OC)n3)c2Cl)c1Cl)OC. The van der Waals surface area contributed by atoms with E-state index >= 15 is 0 Å². The first-order valence-electron chi connectivity index (χ1n) is 17.0. The van der Waals surface area contributed by atoms with Gasteiger partial charge in [-0.3, -0.25) is 29.6 Å². The minimum Gasteiger partial charge on any atom is -0.480 e. The van der Waals surface area contributed by atoms with Crippen LogP contribution in [-0.4, -0.2) is 89.6 Å². The number of nitrogens with zero attached hydrogens (tertiary/aromatic N) is 7. The van der Waals surface area contributed by atoms with E-state index in [0.29, 0.717) is 82.0 Å². The number of aromatic nitrogens is 4. The zero-order chi connectivity index (χ0) is 36.6. The normalized spacial score (nSPS) is 18.2. The van der Waals surface area contributed by atoms with Crippen molar-refractivity contribution in [3.8, 4) is 28.3 Å². The summed E-state index contributed by atoms with van der Waals surface area (Å²) in [7, 11) is 3.13. The molecule has 1 unspecified atom stereocenters. The molecular weight excluding hydrogens is 701 g/mol. The van der Waals surface area contributed by atoms with Crippen LogP contribution in [0, 0.1) is 0 Å². The second-order valence-electron chi connectivity index (χ2n) is 12.6. The zero-order valence-corrected chi connectivity index (χ0v) is 30.9. The molecule has 4 aromatic rings. The van der Waals surface area contributed by atoms with E-state index in [1.54, 1.807) is 25.7 Å². The summed E-state index contributed by atoms with van der Waals surface area (Å²) in [6, 6.07) is 11.5. The Morgan fingerprint density at radius 1 is 1.06 bits per heavy atom. The molecule has 0 radical (unpaired) electrons. The minimum absolute atomic E-state index is 0.0694. The van der Waals surface area contributed by atoms with Crippen LogP contribution < -0.4 is 15.4 Å². The molecule has 2 saturated heterocycles. The summed E-state index contributed by atoms with van der Waals surface area (Å²) in [6.45, 7) is 8.91. The molecule has 52 heavy (non-hydrogen) atoms. The summed E-state index contributed by atoms with van der Waals surface area (Å²) in [4.78, 5) is 41.1. The number of rotatable bonds is 14. The maximum Gasteiger partial charge on any atom is 0.237 e. The first-order valence-corrected chi connectivity index (χ1v) is 17.8. The van der Waals surface area contributed by atoms with Gasteiger partial charge in [0.1, 0.15) is 11.4 Å². The first kappa shape index (κ1) is 37.0. The van der Waals surface area contributed by atoms with Gasteiger partial charge in [-0.2, -0.15) is 0 Å². The fourth-order valence-electron chi connectivity index (χ4n) is 6.54. The Labute approximate surface area is 313 Å². The Bertz CT molecular complexity index is 1990. The van der Waals surface area contributed by atoms with Gasteiger partial charge in [0.05, 0.1) is 47.6 Å². The molecule has 12 nitrogen and oxygen atoms in total. The summed E-state index contributed by atoms with van der Waals surface area (Å²) < 4.78 is 11.3. The van der Waals surface area contributed by atoms with E-state index in [1.165, 1.54) is 7.11 Å². The average Bonchev–Trinajstić information content (AvgIpc) is 3.82. The number of ether oxygens (including phenoxy) is 2. The minimum atomic E-state index is 0.0694. The number of nitrogens with one attached hydrogen (secondary N) is 2. The molecule has 0 saturated carbocycles. The van der Waals surface area contributed by atoms with Crippen LogP contribution in [0.15, 0.2) is 82.8 Å². The number of hydrogen-bond donors (Lipinski definition) is 2. The van der Waals surface area contributed by atoms with Gasteiger partial charge in [-0.05, 0) is 33.0 Å². The van der Waals surface area contributed by atoms with Crippen molar-refractivity contribution in [1.82, 2.24) is 35.5 Å². The van der Waals surface area contributed by atoms with Crippen LogP contribution in [0.2, 0.25) is 10.0 Å². The number of hydrogen-bond acceptors (Lipinski definition) is 11. The third kappa shape index (κ3) is 8.47. The largest absolute Gasteiger partial charge is 0.480 e. The van der Waals surface area contributed by atoms with Gasteiger partial charge < -0.3 is 20.1 Å². The van der Waals surface area contributed by atoms with Gasteiger partial charge in [-0.1, -0.05) is 59.6 Å². The topological polar surface area (TPSA) is 139 Å². The summed E-state index contributed by atoms with van der Waals surface area (Å²) in [5, 5.41) is 7.21. The highest BCUT2D eigenvalue weighted by molar-refractivity contribution is 6.39. The van der Waals surface area contributed by atoms with Crippen LogP contribution in [0.4, 0.5) is 0 Å². The molecule has 4 heterocycles. The number of halogens is 2. The standard InChI is InChI=1S/C38H41Cl2N9O3/c1-23(46-37(51-3)32(41-2)19-43-17-25-11-12-34(50)47-25)26-7-5-8-27(35(26)39)28-9-6-10-29(36(28)40)31-20-45-33(38(48-31)52-4)22-49-16-13-24(21-49)30-18-42-14-15-44-30/h5-10,14-15,18,20,24-25,43H,2,11-13,16-17,19,21-22H2,1,3-4H3,(H,47,50)/b37-32+,46-23+/t24?,25-/m0/s1. The number of benzene rings is 2. The molecule has 2 aromatic heterocycles. The van der Waals surface area contributed by atoms with Crippen LogP contribution in [0.1, 0.15) is 49.1 Å². The molecule has 2 N–H and O–H groups in total. The van der Waals surface area contributed by atoms with E-state index in [0.717, 1.165) is 48.4 Å². The van der Waals surface area contributed by atoms with Gasteiger partial charge >= 0.3 is 0 Å². The molecule has 2 aliphatic rings. The predicted molar refractivity (Wildman–Crippen MR) is 204 cm³/mol. The second kappa shape index (κ2) is 17.2. The highest BCUT2D eigenvalue weighted by Gasteiger charge is 2.27. The van der Waals surface area contributed by atoms with Crippen LogP contribution >= 0.6 is 23.2 Å². The number of carbonyl (C=O) groups excluding carboxylic acids is 1. The van der Waals surface area contributed by atoms with Gasteiger partial charge in [0.25, 0.3) is 0 Å². The summed E-state index contributed by atoms with van der Waals surface area (Å²) in [6.07, 6.45) is 9.34. The van der Waals surface area contributed by atoms with Crippen LogP contribution in [0.5, 0.6) is 5.88 Å². The maximum atomic E-state index is 11.5. The van der Waals surface area contributed by atoms with Crippen molar-refractivity contribution in [3.05, 3.63) is 99.8 Å². The summed E-state index contributed by atoms with van der Waals surface area (Å²) >= 11 is 14.2. The highest BCUT2D eigenvalue weighted by atomic mass is 35.5. The van der Waals surface area contributed by atoms with Gasteiger partial charge in [0, 0.05) is 85.4 Å². The maximum absolute atomic E-state index is 11.5. The van der Waals surface area contributed by atoms with Gasteiger partial charge in [-0.25, -0.2) is 9.98 Å². The molecule has 0 bridgehead atoms. The van der Waals surface area contributed by atoms with Crippen molar-refractivity contribution in [1.29, 1.82) is 0 Å². The van der Waals surface area contributed by atoms with Crippen molar-refractivity contribution in [2.24, 2.45) is 9.98 Å². The van der Waals surface area contributed by atoms with Crippen molar-refractivity contribution < 1.29 is 14.3 Å². The lowest BCUT2D eigenvalue weighted by Gasteiger charge is -2.17. The van der Waals surface area contributed by atoms with Crippen LogP contribution in [0.3, 0.4) is 0 Å². The fourth-order valence-corrected chi connectivity index (χ4v) is 7.23. The number of amides is 1. The van der Waals surface area contributed by atoms with Gasteiger partial charge in [-0.15, -0.1) is 0 Å². The highest BCUT2D eigenvalue weighted by Crippen LogP contribution is 2.40. The van der Waals surface area contributed by atoms with E-state index in [1.807, 2.05) is 49.5 Å². The molecule has 270 valence electrons. The Morgan fingerprint density at radius 3 is 2.56 bits per heavy atom. The van der Waals surface area contributed by atoms with Gasteiger partial charge in [0.15, 0.2) is 0 Å². The molecular formula is C38H41Cl2N9O3. The van der Waals surface area contributed by atoms with Crippen molar-refractivity contribution in [2.45, 2.75) is 44.7 Å². The Kier molecular flexibility index (Phi) is 12.2. The van der Waals surface area contributed by atoms with Crippen molar-refractivity contribution >= 4 is 41.5 Å². The van der Waals surface area contributed by atoms with Gasteiger partial charge in [0.2, 0.25) is 17.7 Å². The van der Waals surface area contributed by atoms with E-state index in [2.05, 4.69) is 37.2 Å². The molecule has 0 aliphatic carbocycles. The molecule has 14 heteroatoms. The first-order chi connectivity index (χ1) is 25.3. The average molecular weight is 743 g/mol. The lowest BCUT2D eigenvalue weighted by molar-refractivity contribution is -0.119. The molecule has 1 amide bonds. The molecule has 2 aromatic carbocycles. The molecule has 0 spiro atoms. The fraction of sp³-hybridized carbons (Fsp3) is 0.342. The molecule has 6 rings (SSSR count). The molecule has 2 aliphatic heterocycles. The zero-order valence-electron chi connectivity index (χ0n) is 29.4. The number of carbonyl (C=O) groups is 1. The summed E-state index contributed by atoms with van der Waals surface area (Å²) in [5.41, 5.74) is 6.35. The second-order valence-corrected chi connectivity index (χ2v) is 13.4. The Morgan fingerprint density at radius 2 is 1.85 bits per heavy atom. The van der Waals surface area contributed by atoms with Crippen LogP contribution in [0.25, 0.3) is 22.4 Å². The smallest absolute Gasteiger partial charge is 0.237 e. The van der Waals surface area contributed by atoms with E-state index in [9.17, 15) is 4.79 Å². The number of aliphatic imine (C=N–C) groups is 2. The van der Waals surface area contributed by atoms with Crippen molar-refractivity contribution in [3.63, 3.8) is 0 Å². The monoisotopic (exact) mass is 741 g/mol. The number of likely N-dealkylation sites (tertiary alicyclic amines) is 1. The molecule has 2 fully saturated rings. The van der Waals surface area contributed by atoms with E-state index in [4.69, 9.17) is 47.6 Å². The number of methoxy groups -OCH3 is 2. The Hall–Kier alpha value is -4.75. The third-order valence-electron chi connectivity index (χ3n) is 9.27. The third-order valence-corrected chi connectivity index (χ3v) is 10.1. The van der Waals surface area contributed by atoms with Crippen LogP contribution in [-0.2, 0) is 16.1 Å². The lowest BCUT2D eigenvalue weighted by Crippen LogP contribution is -2.36. The molecule has 2 atom stereocenters.